The van der Waals surface area contributed by atoms with E-state index in [4.69, 9.17) is 5.11 Å². The van der Waals surface area contributed by atoms with Crippen molar-refractivity contribution >= 4 is 16.2 Å². The van der Waals surface area contributed by atoms with E-state index in [1.165, 1.54) is 4.31 Å². The van der Waals surface area contributed by atoms with Crippen LogP contribution in [0.1, 0.15) is 38.5 Å². The fourth-order valence-electron chi connectivity index (χ4n) is 2.85. The van der Waals surface area contributed by atoms with Gasteiger partial charge in [-0.3, -0.25) is 4.79 Å². The lowest BCUT2D eigenvalue weighted by Crippen LogP contribution is -2.50. The zero-order valence-electron chi connectivity index (χ0n) is 11.6. The summed E-state index contributed by atoms with van der Waals surface area (Å²) in [5.41, 5.74) is 0. The predicted octanol–water partition coefficient (Wildman–Crippen LogP) is 0.902. The molecule has 0 amide bonds. The number of hydrogen-bond donors (Lipinski definition) is 1. The summed E-state index contributed by atoms with van der Waals surface area (Å²) in [5.74, 6) is -0.920. The molecule has 0 aromatic rings. The van der Waals surface area contributed by atoms with Gasteiger partial charge in [0.1, 0.15) is 0 Å². The van der Waals surface area contributed by atoms with Gasteiger partial charge in [0.25, 0.3) is 10.2 Å². The highest BCUT2D eigenvalue weighted by molar-refractivity contribution is 7.86. The van der Waals surface area contributed by atoms with E-state index in [0.29, 0.717) is 31.8 Å². The Morgan fingerprint density at radius 2 is 1.90 bits per heavy atom. The van der Waals surface area contributed by atoms with Gasteiger partial charge in [-0.05, 0) is 44.4 Å². The largest absolute Gasteiger partial charge is 0.481 e. The summed E-state index contributed by atoms with van der Waals surface area (Å²) in [7, 11) is -3.48. The number of carbonyl (C=O) groups is 1. The Hall–Kier alpha value is -0.660. The van der Waals surface area contributed by atoms with Gasteiger partial charge in [-0.1, -0.05) is 0 Å². The number of aliphatic carboxylic acids is 1. The summed E-state index contributed by atoms with van der Waals surface area (Å²) in [4.78, 5) is 11.1. The van der Waals surface area contributed by atoms with Crippen molar-refractivity contribution < 1.29 is 18.3 Å². The van der Waals surface area contributed by atoms with E-state index in [1.807, 2.05) is 0 Å². The number of piperidine rings is 1. The van der Waals surface area contributed by atoms with Crippen molar-refractivity contribution in [3.8, 4) is 0 Å². The zero-order chi connectivity index (χ0) is 14.3. The molecule has 3 fully saturated rings. The molecule has 114 valence electrons. The van der Waals surface area contributed by atoms with E-state index in [1.54, 1.807) is 4.31 Å². The van der Waals surface area contributed by atoms with Gasteiger partial charge in [-0.15, -0.1) is 0 Å². The molecule has 1 atom stereocenters. The van der Waals surface area contributed by atoms with Crippen LogP contribution in [0.5, 0.6) is 0 Å². The van der Waals surface area contributed by atoms with Crippen LogP contribution in [-0.2, 0) is 15.0 Å². The second-order valence-electron chi connectivity index (χ2n) is 6.29. The lowest BCUT2D eigenvalue weighted by atomic mass is 10.0. The molecular formula is C13H22N2O4S. The minimum Gasteiger partial charge on any atom is -0.481 e. The highest BCUT2D eigenvalue weighted by Gasteiger charge is 2.44. The normalized spacial score (nSPS) is 28.8. The molecule has 2 saturated carbocycles. The van der Waals surface area contributed by atoms with Crippen LogP contribution in [0.3, 0.4) is 0 Å². The zero-order valence-corrected chi connectivity index (χ0v) is 12.4. The number of nitrogens with zero attached hydrogens (tertiary/aromatic N) is 2. The Balaban J connectivity index is 1.73. The van der Waals surface area contributed by atoms with E-state index in [2.05, 4.69) is 0 Å². The minimum absolute atomic E-state index is 0.131. The number of carboxylic acid groups (broad SMARTS) is 1. The Morgan fingerprint density at radius 1 is 1.20 bits per heavy atom. The molecule has 3 rings (SSSR count). The monoisotopic (exact) mass is 302 g/mol. The molecule has 3 aliphatic rings. The lowest BCUT2D eigenvalue weighted by Gasteiger charge is -2.34. The molecule has 0 aromatic heterocycles. The van der Waals surface area contributed by atoms with Crippen LogP contribution in [0.2, 0.25) is 0 Å². The van der Waals surface area contributed by atoms with E-state index in [9.17, 15) is 13.2 Å². The van der Waals surface area contributed by atoms with Gasteiger partial charge in [-0.2, -0.15) is 17.0 Å². The van der Waals surface area contributed by atoms with Crippen molar-refractivity contribution in [3.63, 3.8) is 0 Å². The molecule has 7 heteroatoms. The smallest absolute Gasteiger partial charge is 0.307 e. The Kier molecular flexibility index (Phi) is 3.77. The van der Waals surface area contributed by atoms with Crippen molar-refractivity contribution in [1.82, 2.24) is 8.61 Å². The third-order valence-electron chi connectivity index (χ3n) is 4.45. The van der Waals surface area contributed by atoms with Gasteiger partial charge < -0.3 is 5.11 Å². The van der Waals surface area contributed by atoms with Crippen molar-refractivity contribution in [2.75, 3.05) is 19.6 Å². The van der Waals surface area contributed by atoms with Gasteiger partial charge in [0.15, 0.2) is 0 Å². The van der Waals surface area contributed by atoms with Crippen molar-refractivity contribution in [2.45, 2.75) is 44.6 Å². The van der Waals surface area contributed by atoms with Crippen LogP contribution < -0.4 is 0 Å². The van der Waals surface area contributed by atoms with Crippen LogP contribution in [0.25, 0.3) is 0 Å². The Morgan fingerprint density at radius 3 is 2.45 bits per heavy atom. The van der Waals surface area contributed by atoms with E-state index >= 15 is 0 Å². The molecule has 0 aromatic carbocycles. The molecule has 6 nitrogen and oxygen atoms in total. The first-order valence-electron chi connectivity index (χ1n) is 7.48. The minimum atomic E-state index is -3.48. The summed E-state index contributed by atoms with van der Waals surface area (Å²) >= 11 is 0. The number of hydrogen-bond acceptors (Lipinski definition) is 3. The van der Waals surface area contributed by atoms with Crippen molar-refractivity contribution in [1.29, 1.82) is 0 Å². The molecule has 1 saturated heterocycles. The quantitative estimate of drug-likeness (QED) is 0.791. The Bertz CT molecular complexity index is 485. The third kappa shape index (κ3) is 2.99. The first-order chi connectivity index (χ1) is 9.48. The third-order valence-corrected chi connectivity index (χ3v) is 6.47. The van der Waals surface area contributed by atoms with Crippen molar-refractivity contribution in [3.05, 3.63) is 0 Å². The Labute approximate surface area is 119 Å². The lowest BCUT2D eigenvalue weighted by molar-refractivity contribution is -0.142. The average Bonchev–Trinajstić information content (AvgIpc) is 3.27. The van der Waals surface area contributed by atoms with Crippen LogP contribution in [0.15, 0.2) is 0 Å². The molecule has 0 radical (unpaired) electrons. The molecular weight excluding hydrogens is 280 g/mol. The topological polar surface area (TPSA) is 77.9 Å². The van der Waals surface area contributed by atoms with Crippen molar-refractivity contribution in [2.24, 2.45) is 11.8 Å². The molecule has 1 aliphatic heterocycles. The summed E-state index contributed by atoms with van der Waals surface area (Å²) in [6.07, 6.45) is 5.35. The summed E-state index contributed by atoms with van der Waals surface area (Å²) in [6.45, 7) is 1.22. The molecule has 2 aliphatic carbocycles. The summed E-state index contributed by atoms with van der Waals surface area (Å²) in [5, 5.41) is 9.10. The molecule has 0 spiro atoms. The maximum atomic E-state index is 12.8. The van der Waals surface area contributed by atoms with E-state index in [-0.39, 0.29) is 12.6 Å². The molecule has 20 heavy (non-hydrogen) atoms. The van der Waals surface area contributed by atoms with Crippen LogP contribution in [-0.4, -0.2) is 53.8 Å². The first kappa shape index (κ1) is 14.3. The summed E-state index contributed by atoms with van der Waals surface area (Å²) in [6, 6.07) is 0.158. The second-order valence-corrected chi connectivity index (χ2v) is 8.17. The van der Waals surface area contributed by atoms with Crippen LogP contribution in [0, 0.1) is 11.8 Å². The van der Waals surface area contributed by atoms with Gasteiger partial charge >= 0.3 is 5.97 Å². The SMILES string of the molecule is O=C(O)C1CCCN(S(=O)(=O)N(CC2CC2)C2CC2)C1. The van der Waals surface area contributed by atoms with Crippen LogP contribution >= 0.6 is 0 Å². The number of rotatable bonds is 6. The van der Waals surface area contributed by atoms with Gasteiger partial charge in [0, 0.05) is 25.7 Å². The molecule has 0 bridgehead atoms. The highest BCUT2D eigenvalue weighted by atomic mass is 32.2. The summed E-state index contributed by atoms with van der Waals surface area (Å²) < 4.78 is 28.6. The van der Waals surface area contributed by atoms with Gasteiger partial charge in [0.05, 0.1) is 5.92 Å². The maximum Gasteiger partial charge on any atom is 0.307 e. The number of carboxylic acids is 1. The maximum absolute atomic E-state index is 12.8. The fraction of sp³-hybridized carbons (Fsp3) is 0.923. The van der Waals surface area contributed by atoms with E-state index < -0.39 is 22.1 Å². The fourth-order valence-corrected chi connectivity index (χ4v) is 4.86. The van der Waals surface area contributed by atoms with Crippen LogP contribution in [0.4, 0.5) is 0 Å². The molecule has 1 heterocycles. The van der Waals surface area contributed by atoms with E-state index in [0.717, 1.165) is 25.7 Å². The standard InChI is InChI=1S/C13H22N2O4S/c16-13(17)11-2-1-7-14(9-11)20(18,19)15(12-5-6-12)8-10-3-4-10/h10-12H,1-9H2,(H,16,17). The predicted molar refractivity (Wildman–Crippen MR) is 73.3 cm³/mol. The average molecular weight is 302 g/mol. The molecule has 1 unspecified atom stereocenters. The van der Waals surface area contributed by atoms with Gasteiger partial charge in [0.2, 0.25) is 0 Å². The highest BCUT2D eigenvalue weighted by Crippen LogP contribution is 2.37. The first-order valence-corrected chi connectivity index (χ1v) is 8.88. The molecule has 1 N–H and O–H groups in total. The van der Waals surface area contributed by atoms with Gasteiger partial charge in [-0.25, -0.2) is 0 Å². The second kappa shape index (κ2) is 5.27.